The summed E-state index contributed by atoms with van der Waals surface area (Å²) in [6.07, 6.45) is 0. The molecule has 0 radical (unpaired) electrons. The van der Waals surface area contributed by atoms with Crippen molar-refractivity contribution < 1.29 is 9.90 Å². The fourth-order valence-corrected chi connectivity index (χ4v) is 3.35. The van der Waals surface area contributed by atoms with E-state index in [0.717, 1.165) is 11.1 Å². The van der Waals surface area contributed by atoms with Gasteiger partial charge in [0.15, 0.2) is 0 Å². The summed E-state index contributed by atoms with van der Waals surface area (Å²) in [5.74, 6) is 5.22. The highest BCUT2D eigenvalue weighted by atomic mass is 35.5. The summed E-state index contributed by atoms with van der Waals surface area (Å²) >= 11 is 6.13. The van der Waals surface area contributed by atoms with Gasteiger partial charge in [-0.2, -0.15) is 0 Å². The Morgan fingerprint density at radius 3 is 2.33 bits per heavy atom. The average Bonchev–Trinajstić information content (AvgIpc) is 2.90. The van der Waals surface area contributed by atoms with Gasteiger partial charge in [0.05, 0.1) is 12.2 Å². The molecule has 4 rings (SSSR count). The van der Waals surface area contributed by atoms with Gasteiger partial charge < -0.3 is 10.0 Å². The molecule has 3 aromatic rings. The van der Waals surface area contributed by atoms with Crippen LogP contribution in [0.3, 0.4) is 0 Å². The topological polar surface area (TPSA) is 40.5 Å². The van der Waals surface area contributed by atoms with E-state index in [0.29, 0.717) is 22.8 Å². The van der Waals surface area contributed by atoms with E-state index in [1.165, 1.54) is 0 Å². The van der Waals surface area contributed by atoms with Crippen LogP contribution < -0.4 is 4.90 Å². The Morgan fingerprint density at radius 2 is 1.63 bits per heavy atom. The molecule has 27 heavy (non-hydrogen) atoms. The molecular weight excluding hydrogens is 358 g/mol. The molecule has 1 unspecified atom stereocenters. The minimum atomic E-state index is -1.93. The monoisotopic (exact) mass is 373 g/mol. The van der Waals surface area contributed by atoms with Gasteiger partial charge in [0.2, 0.25) is 5.60 Å². The summed E-state index contributed by atoms with van der Waals surface area (Å²) in [7, 11) is 0. The summed E-state index contributed by atoms with van der Waals surface area (Å²) < 4.78 is 0. The summed E-state index contributed by atoms with van der Waals surface area (Å²) in [5, 5.41) is 11.7. The Bertz CT molecular complexity index is 1050. The number of nitrogens with zero attached hydrogens (tertiary/aromatic N) is 1. The van der Waals surface area contributed by atoms with Crippen molar-refractivity contribution in [3.8, 4) is 11.8 Å². The number of halogens is 1. The van der Waals surface area contributed by atoms with Gasteiger partial charge in [-0.05, 0) is 41.8 Å². The van der Waals surface area contributed by atoms with Crippen LogP contribution >= 0.6 is 11.6 Å². The molecule has 0 saturated heterocycles. The second-order valence-electron chi connectivity index (χ2n) is 6.36. The van der Waals surface area contributed by atoms with Gasteiger partial charge in [-0.15, -0.1) is 0 Å². The first-order chi connectivity index (χ1) is 13.1. The van der Waals surface area contributed by atoms with Gasteiger partial charge >= 0.3 is 0 Å². The maximum atomic E-state index is 13.2. The van der Waals surface area contributed by atoms with Crippen molar-refractivity contribution in [2.45, 2.75) is 12.1 Å². The molecule has 1 aliphatic heterocycles. The van der Waals surface area contributed by atoms with Crippen LogP contribution in [0.1, 0.15) is 16.7 Å². The van der Waals surface area contributed by atoms with Crippen molar-refractivity contribution in [2.24, 2.45) is 0 Å². The summed E-state index contributed by atoms with van der Waals surface area (Å²) in [4.78, 5) is 14.7. The van der Waals surface area contributed by atoms with Crippen LogP contribution in [0.5, 0.6) is 0 Å². The summed E-state index contributed by atoms with van der Waals surface area (Å²) in [5.41, 5.74) is 0.804. The van der Waals surface area contributed by atoms with Gasteiger partial charge in [0.25, 0.3) is 5.91 Å². The molecule has 3 nitrogen and oxygen atoms in total. The third-order valence-electron chi connectivity index (χ3n) is 4.54. The van der Waals surface area contributed by atoms with E-state index >= 15 is 0 Å². The number of rotatable bonds is 2. The highest BCUT2D eigenvalue weighted by molar-refractivity contribution is 6.31. The number of carbonyl (C=O) groups excluding carboxylic acids is 1. The van der Waals surface area contributed by atoms with Crippen molar-refractivity contribution in [2.75, 3.05) is 4.90 Å². The van der Waals surface area contributed by atoms with Crippen molar-refractivity contribution in [3.63, 3.8) is 0 Å². The first-order valence-electron chi connectivity index (χ1n) is 8.54. The zero-order valence-corrected chi connectivity index (χ0v) is 15.1. The second kappa shape index (κ2) is 6.92. The normalized spacial score (nSPS) is 18.0. The molecule has 3 aromatic carbocycles. The number of aliphatic hydroxyl groups is 1. The minimum Gasteiger partial charge on any atom is -0.366 e. The Hall–Kier alpha value is -3.06. The number of benzene rings is 3. The van der Waals surface area contributed by atoms with Gasteiger partial charge in [0.1, 0.15) is 0 Å². The van der Waals surface area contributed by atoms with E-state index in [-0.39, 0.29) is 0 Å². The first kappa shape index (κ1) is 17.4. The van der Waals surface area contributed by atoms with Crippen LogP contribution in [-0.4, -0.2) is 11.0 Å². The lowest BCUT2D eigenvalue weighted by molar-refractivity contribution is -0.130. The zero-order valence-electron chi connectivity index (χ0n) is 14.4. The highest BCUT2D eigenvalue weighted by Crippen LogP contribution is 2.42. The van der Waals surface area contributed by atoms with Crippen LogP contribution in [0.25, 0.3) is 0 Å². The van der Waals surface area contributed by atoms with Crippen LogP contribution in [-0.2, 0) is 16.9 Å². The molecule has 1 N–H and O–H groups in total. The van der Waals surface area contributed by atoms with E-state index in [1.54, 1.807) is 23.1 Å². The average molecular weight is 374 g/mol. The molecular formula is C23H16ClNO2. The second-order valence-corrected chi connectivity index (χ2v) is 6.80. The molecule has 0 fully saturated rings. The number of amides is 1. The quantitative estimate of drug-likeness (QED) is 0.686. The van der Waals surface area contributed by atoms with Crippen LogP contribution in [0, 0.1) is 11.8 Å². The van der Waals surface area contributed by atoms with E-state index < -0.39 is 11.5 Å². The Morgan fingerprint density at radius 1 is 0.963 bits per heavy atom. The lowest BCUT2D eigenvalue weighted by Gasteiger charge is -2.19. The van der Waals surface area contributed by atoms with Crippen molar-refractivity contribution >= 4 is 23.2 Å². The molecule has 0 saturated carbocycles. The minimum absolute atomic E-state index is 0.351. The van der Waals surface area contributed by atoms with E-state index in [4.69, 9.17) is 11.6 Å². The summed E-state index contributed by atoms with van der Waals surface area (Å²) in [6, 6.07) is 24.0. The maximum Gasteiger partial charge on any atom is 0.276 e. The first-order valence-corrected chi connectivity index (χ1v) is 8.92. The molecule has 132 valence electrons. The van der Waals surface area contributed by atoms with Crippen molar-refractivity contribution in [3.05, 3.63) is 101 Å². The predicted molar refractivity (Wildman–Crippen MR) is 106 cm³/mol. The Labute approximate surface area is 162 Å². The SMILES string of the molecule is O=C1N(Cc2ccccc2)c2ccc(Cl)cc2C1(O)C#Cc1ccccc1. The van der Waals surface area contributed by atoms with Crippen LogP contribution in [0.15, 0.2) is 78.9 Å². The number of anilines is 1. The fourth-order valence-electron chi connectivity index (χ4n) is 3.18. The van der Waals surface area contributed by atoms with E-state index in [1.807, 2.05) is 60.7 Å². The fraction of sp³-hybridized carbons (Fsp3) is 0.0870. The maximum absolute atomic E-state index is 13.2. The smallest absolute Gasteiger partial charge is 0.276 e. The zero-order chi connectivity index (χ0) is 18.9. The molecule has 4 heteroatoms. The Balaban J connectivity index is 1.78. The Kier molecular flexibility index (Phi) is 4.45. The van der Waals surface area contributed by atoms with Gasteiger partial charge in [-0.3, -0.25) is 4.79 Å². The number of hydrogen-bond acceptors (Lipinski definition) is 2. The molecule has 1 atom stereocenters. The number of fused-ring (bicyclic) bond motifs is 1. The van der Waals surface area contributed by atoms with Crippen molar-refractivity contribution in [1.82, 2.24) is 0 Å². The third kappa shape index (κ3) is 3.21. The summed E-state index contributed by atoms with van der Waals surface area (Å²) in [6.45, 7) is 0.351. The highest BCUT2D eigenvalue weighted by Gasteiger charge is 2.49. The molecule has 0 aliphatic carbocycles. The molecule has 1 heterocycles. The molecule has 0 bridgehead atoms. The van der Waals surface area contributed by atoms with Gasteiger partial charge in [0, 0.05) is 16.1 Å². The number of carbonyl (C=O) groups is 1. The standard InChI is InChI=1S/C23H16ClNO2/c24-19-11-12-21-20(15-19)23(27,14-13-17-7-3-1-4-8-17)22(26)25(21)16-18-9-5-2-6-10-18/h1-12,15,27H,16H2. The molecule has 1 amide bonds. The van der Waals surface area contributed by atoms with Crippen LogP contribution in [0.2, 0.25) is 5.02 Å². The van der Waals surface area contributed by atoms with E-state index in [2.05, 4.69) is 11.8 Å². The number of hydrogen-bond donors (Lipinski definition) is 1. The van der Waals surface area contributed by atoms with Crippen LogP contribution in [0.4, 0.5) is 5.69 Å². The predicted octanol–water partition coefficient (Wildman–Crippen LogP) is 4.13. The van der Waals surface area contributed by atoms with E-state index in [9.17, 15) is 9.90 Å². The van der Waals surface area contributed by atoms with Gasteiger partial charge in [-0.1, -0.05) is 66.1 Å². The third-order valence-corrected chi connectivity index (χ3v) is 4.77. The molecule has 0 aromatic heterocycles. The largest absolute Gasteiger partial charge is 0.366 e. The molecule has 0 spiro atoms. The molecule has 1 aliphatic rings. The lowest BCUT2D eigenvalue weighted by atomic mass is 9.95. The lowest BCUT2D eigenvalue weighted by Crippen LogP contribution is -2.39. The van der Waals surface area contributed by atoms with Crippen molar-refractivity contribution in [1.29, 1.82) is 0 Å². The van der Waals surface area contributed by atoms with Gasteiger partial charge in [-0.25, -0.2) is 0 Å².